The SMILES string of the molecule is CCCNC(=O)Cn1nc(C(F)F)c(Cl)c1C1CC1. The number of hydrogen-bond donors (Lipinski definition) is 1. The molecule has 106 valence electrons. The van der Waals surface area contributed by atoms with Crippen molar-refractivity contribution in [3.05, 3.63) is 16.4 Å². The minimum atomic E-state index is -2.72. The Kier molecular flexibility index (Phi) is 4.39. The van der Waals surface area contributed by atoms with Gasteiger partial charge in [0.2, 0.25) is 5.91 Å². The van der Waals surface area contributed by atoms with Gasteiger partial charge in [-0.1, -0.05) is 18.5 Å². The molecule has 0 bridgehead atoms. The molecule has 1 aromatic heterocycles. The second-order valence-corrected chi connectivity index (χ2v) is 5.04. The number of rotatable bonds is 6. The number of carbonyl (C=O) groups excluding carboxylic acids is 1. The van der Waals surface area contributed by atoms with E-state index in [1.807, 2.05) is 6.92 Å². The van der Waals surface area contributed by atoms with Gasteiger partial charge in [-0.3, -0.25) is 9.48 Å². The van der Waals surface area contributed by atoms with E-state index in [-0.39, 0.29) is 23.4 Å². The molecule has 1 amide bonds. The minimum Gasteiger partial charge on any atom is -0.355 e. The van der Waals surface area contributed by atoms with Crippen molar-refractivity contribution in [1.29, 1.82) is 0 Å². The lowest BCUT2D eigenvalue weighted by molar-refractivity contribution is -0.121. The fourth-order valence-corrected chi connectivity index (χ4v) is 2.31. The fourth-order valence-electron chi connectivity index (χ4n) is 1.94. The van der Waals surface area contributed by atoms with E-state index in [0.29, 0.717) is 12.2 Å². The van der Waals surface area contributed by atoms with Crippen molar-refractivity contribution >= 4 is 17.5 Å². The third-order valence-corrected chi connectivity index (χ3v) is 3.38. The topological polar surface area (TPSA) is 46.9 Å². The van der Waals surface area contributed by atoms with Crippen molar-refractivity contribution < 1.29 is 13.6 Å². The van der Waals surface area contributed by atoms with Gasteiger partial charge in [0.25, 0.3) is 6.43 Å². The first kappa shape index (κ1) is 14.2. The first-order valence-electron chi connectivity index (χ1n) is 6.35. The summed E-state index contributed by atoms with van der Waals surface area (Å²) < 4.78 is 26.9. The molecule has 0 radical (unpaired) electrons. The zero-order valence-electron chi connectivity index (χ0n) is 10.6. The number of halogens is 3. The molecule has 0 atom stereocenters. The Labute approximate surface area is 115 Å². The van der Waals surface area contributed by atoms with Crippen molar-refractivity contribution in [1.82, 2.24) is 15.1 Å². The van der Waals surface area contributed by atoms with Crippen LogP contribution < -0.4 is 5.32 Å². The first-order chi connectivity index (χ1) is 9.04. The summed E-state index contributed by atoms with van der Waals surface area (Å²) in [4.78, 5) is 11.7. The fraction of sp³-hybridized carbons (Fsp3) is 0.667. The highest BCUT2D eigenvalue weighted by atomic mass is 35.5. The third kappa shape index (κ3) is 3.23. The summed E-state index contributed by atoms with van der Waals surface area (Å²) in [6, 6.07) is 0. The maximum absolute atomic E-state index is 12.8. The average molecular weight is 292 g/mol. The van der Waals surface area contributed by atoms with Crippen LogP contribution in [0.1, 0.15) is 49.9 Å². The highest BCUT2D eigenvalue weighted by molar-refractivity contribution is 6.32. The van der Waals surface area contributed by atoms with E-state index in [1.54, 1.807) is 0 Å². The molecule has 0 unspecified atom stereocenters. The Balaban J connectivity index is 2.19. The molecule has 1 heterocycles. The molecule has 1 aliphatic rings. The summed E-state index contributed by atoms with van der Waals surface area (Å²) in [5.41, 5.74) is 0.149. The molecule has 0 spiro atoms. The standard InChI is InChI=1S/C12H16ClF2N3O/c1-2-5-16-8(19)6-18-11(7-3-4-7)9(13)10(17-18)12(14)15/h7,12H,2-6H2,1H3,(H,16,19). The second kappa shape index (κ2) is 5.86. The lowest BCUT2D eigenvalue weighted by atomic mass is 10.2. The smallest absolute Gasteiger partial charge is 0.283 e. The Morgan fingerprint density at radius 2 is 2.26 bits per heavy atom. The van der Waals surface area contributed by atoms with Gasteiger partial charge in [-0.15, -0.1) is 0 Å². The number of hydrogen-bond acceptors (Lipinski definition) is 2. The predicted octanol–water partition coefficient (Wildman–Crippen LogP) is 2.88. The number of nitrogens with one attached hydrogen (secondary N) is 1. The van der Waals surface area contributed by atoms with Crippen molar-refractivity contribution in [3.8, 4) is 0 Å². The van der Waals surface area contributed by atoms with E-state index in [4.69, 9.17) is 11.6 Å². The highest BCUT2D eigenvalue weighted by Crippen LogP contribution is 2.45. The van der Waals surface area contributed by atoms with Gasteiger partial charge in [0, 0.05) is 12.5 Å². The van der Waals surface area contributed by atoms with Crippen LogP contribution in [0, 0.1) is 0 Å². The van der Waals surface area contributed by atoms with Gasteiger partial charge < -0.3 is 5.32 Å². The molecule has 1 fully saturated rings. The molecule has 0 aromatic carbocycles. The van der Waals surface area contributed by atoms with Gasteiger partial charge in [-0.25, -0.2) is 8.78 Å². The average Bonchev–Trinajstić information content (AvgIpc) is 3.12. The first-order valence-corrected chi connectivity index (χ1v) is 6.73. The number of amides is 1. The second-order valence-electron chi connectivity index (χ2n) is 4.67. The number of nitrogens with zero attached hydrogens (tertiary/aromatic N) is 2. The van der Waals surface area contributed by atoms with Crippen molar-refractivity contribution in [2.75, 3.05) is 6.54 Å². The summed E-state index contributed by atoms with van der Waals surface area (Å²) >= 11 is 5.95. The van der Waals surface area contributed by atoms with Crippen LogP contribution in [-0.2, 0) is 11.3 Å². The van der Waals surface area contributed by atoms with Gasteiger partial charge in [-0.05, 0) is 19.3 Å². The quantitative estimate of drug-likeness (QED) is 0.876. The number of aromatic nitrogens is 2. The van der Waals surface area contributed by atoms with Crippen LogP contribution in [0.4, 0.5) is 8.78 Å². The van der Waals surface area contributed by atoms with E-state index >= 15 is 0 Å². The van der Waals surface area contributed by atoms with Crippen LogP contribution in [0.3, 0.4) is 0 Å². The third-order valence-electron chi connectivity index (χ3n) is 2.99. The van der Waals surface area contributed by atoms with E-state index in [9.17, 15) is 13.6 Å². The van der Waals surface area contributed by atoms with Crippen LogP contribution in [-0.4, -0.2) is 22.2 Å². The zero-order chi connectivity index (χ0) is 14.0. The summed E-state index contributed by atoms with van der Waals surface area (Å²) in [7, 11) is 0. The van der Waals surface area contributed by atoms with E-state index in [0.717, 1.165) is 19.3 Å². The molecule has 7 heteroatoms. The normalized spacial score (nSPS) is 15.0. The van der Waals surface area contributed by atoms with Crippen molar-refractivity contribution in [2.45, 2.75) is 45.1 Å². The molecular formula is C12H16ClF2N3O. The molecule has 19 heavy (non-hydrogen) atoms. The minimum absolute atomic E-state index is 0.0146. The molecule has 1 N–H and O–H groups in total. The largest absolute Gasteiger partial charge is 0.355 e. The molecule has 1 aliphatic carbocycles. The summed E-state index contributed by atoms with van der Waals surface area (Å²) in [5.74, 6) is -0.0739. The molecule has 1 saturated carbocycles. The van der Waals surface area contributed by atoms with E-state index in [2.05, 4.69) is 10.4 Å². The maximum atomic E-state index is 12.8. The van der Waals surface area contributed by atoms with Crippen LogP contribution >= 0.6 is 11.6 Å². The maximum Gasteiger partial charge on any atom is 0.283 e. The predicted molar refractivity (Wildman–Crippen MR) is 67.5 cm³/mol. The van der Waals surface area contributed by atoms with Crippen LogP contribution in [0.5, 0.6) is 0 Å². The van der Waals surface area contributed by atoms with E-state index in [1.165, 1.54) is 4.68 Å². The monoisotopic (exact) mass is 291 g/mol. The zero-order valence-corrected chi connectivity index (χ0v) is 11.4. The molecule has 4 nitrogen and oxygen atoms in total. The molecule has 2 rings (SSSR count). The van der Waals surface area contributed by atoms with Crippen LogP contribution in [0.2, 0.25) is 5.02 Å². The number of alkyl halides is 2. The highest BCUT2D eigenvalue weighted by Gasteiger charge is 2.34. The molecule has 0 saturated heterocycles. The van der Waals surface area contributed by atoms with Crippen LogP contribution in [0.25, 0.3) is 0 Å². The van der Waals surface area contributed by atoms with E-state index < -0.39 is 12.1 Å². The Morgan fingerprint density at radius 1 is 1.58 bits per heavy atom. The Morgan fingerprint density at radius 3 is 2.79 bits per heavy atom. The van der Waals surface area contributed by atoms with Gasteiger partial charge in [-0.2, -0.15) is 5.10 Å². The summed E-state index contributed by atoms with van der Waals surface area (Å²) in [5, 5.41) is 6.50. The Bertz CT molecular complexity index is 472. The summed E-state index contributed by atoms with van der Waals surface area (Å²) in [6.45, 7) is 2.45. The lowest BCUT2D eigenvalue weighted by Gasteiger charge is -2.07. The molecular weight excluding hydrogens is 276 g/mol. The molecule has 0 aliphatic heterocycles. The van der Waals surface area contributed by atoms with Gasteiger partial charge >= 0.3 is 0 Å². The molecule has 1 aromatic rings. The van der Waals surface area contributed by atoms with Gasteiger partial charge in [0.1, 0.15) is 12.2 Å². The summed E-state index contributed by atoms with van der Waals surface area (Å²) in [6.07, 6.45) is -0.0800. The van der Waals surface area contributed by atoms with Gasteiger partial charge in [0.15, 0.2) is 0 Å². The Hall–Kier alpha value is -1.17. The van der Waals surface area contributed by atoms with Crippen LogP contribution in [0.15, 0.2) is 0 Å². The van der Waals surface area contributed by atoms with Crippen molar-refractivity contribution in [3.63, 3.8) is 0 Å². The number of carbonyl (C=O) groups is 1. The van der Waals surface area contributed by atoms with Crippen molar-refractivity contribution in [2.24, 2.45) is 0 Å². The van der Waals surface area contributed by atoms with Gasteiger partial charge in [0.05, 0.1) is 10.7 Å². The lowest BCUT2D eigenvalue weighted by Crippen LogP contribution is -2.29.